The molecule has 648 valence electrons. The molecular weight excluding hydrogens is 1530 g/mol. The van der Waals surface area contributed by atoms with Crippen LogP contribution in [0.2, 0.25) is 0 Å². The zero-order valence-corrected chi connectivity index (χ0v) is 60.7. The number of rotatable bonds is 29. The summed E-state index contributed by atoms with van der Waals surface area (Å²) in [4.78, 5) is 51.1. The number of aliphatic hydroxyl groups excluding tert-OH is 24. The van der Waals surface area contributed by atoms with E-state index in [9.17, 15) is 142 Å². The van der Waals surface area contributed by atoms with Crippen LogP contribution >= 0.6 is 0 Å². The molecule has 0 spiro atoms. The number of nitrogens with one attached hydrogen (secondary N) is 4. The second-order valence-corrected chi connectivity index (χ2v) is 28.5. The minimum absolute atomic E-state index is 0.628. The predicted octanol–water partition coefficient (Wildman–Crippen LogP) is -19.0. The van der Waals surface area contributed by atoms with Crippen molar-refractivity contribution in [3.8, 4) is 0 Å². The lowest BCUT2D eigenvalue weighted by molar-refractivity contribution is -0.398. The first kappa shape index (κ1) is 92.1. The van der Waals surface area contributed by atoms with Gasteiger partial charge < -0.3 is 224 Å². The van der Waals surface area contributed by atoms with Gasteiger partial charge in [-0.15, -0.1) is 0 Å². The van der Waals surface area contributed by atoms with Gasteiger partial charge in [0.2, 0.25) is 23.6 Å². The van der Waals surface area contributed by atoms with Gasteiger partial charge in [0.25, 0.3) is 0 Å². The van der Waals surface area contributed by atoms with Gasteiger partial charge in [0, 0.05) is 27.7 Å². The third-order valence-electron chi connectivity index (χ3n) is 20.6. The van der Waals surface area contributed by atoms with Crippen molar-refractivity contribution in [2.45, 2.75) is 311 Å². The Bertz CT molecular complexity index is 2970. The number of carbonyl (C=O) groups excluding carboxylic acids is 4. The van der Waals surface area contributed by atoms with E-state index in [4.69, 9.17) is 80.5 Å². The van der Waals surface area contributed by atoms with Crippen LogP contribution in [0.1, 0.15) is 34.6 Å². The molecule has 49 heteroatoms. The van der Waals surface area contributed by atoms with Gasteiger partial charge in [-0.25, -0.2) is 0 Å². The second kappa shape index (κ2) is 40.3. The van der Waals surface area contributed by atoms with E-state index in [-0.39, 0.29) is 0 Å². The molecule has 9 fully saturated rings. The fraction of sp³-hybridized carbons (Fsp3) is 0.937. The van der Waals surface area contributed by atoms with Crippen LogP contribution in [-0.4, -0.2) is 482 Å². The normalized spacial score (nSPS) is 48.9. The van der Waals surface area contributed by atoms with E-state index < -0.39 is 359 Å². The van der Waals surface area contributed by atoms with Crippen molar-refractivity contribution in [3.63, 3.8) is 0 Å². The number of amides is 4. The van der Waals surface area contributed by atoms with Gasteiger partial charge in [-0.3, -0.25) is 19.2 Å². The van der Waals surface area contributed by atoms with Gasteiger partial charge >= 0.3 is 0 Å². The smallest absolute Gasteiger partial charge is 0.217 e. The van der Waals surface area contributed by atoms with Gasteiger partial charge in [-0.05, 0) is 6.92 Å². The Morgan fingerprint density at radius 2 is 0.491 bits per heavy atom. The number of hydrogen-bond acceptors (Lipinski definition) is 45. The van der Waals surface area contributed by atoms with Crippen molar-refractivity contribution in [1.29, 1.82) is 0 Å². The zero-order chi connectivity index (χ0) is 82.5. The maximum absolute atomic E-state index is 13.0. The van der Waals surface area contributed by atoms with E-state index in [1.807, 2.05) is 0 Å². The molecule has 0 saturated carbocycles. The van der Waals surface area contributed by atoms with Gasteiger partial charge in [0.05, 0.1) is 71.6 Å². The average Bonchev–Trinajstić information content (AvgIpc) is 0.983. The van der Waals surface area contributed by atoms with Gasteiger partial charge in [-0.1, -0.05) is 0 Å². The minimum Gasteiger partial charge on any atom is -0.394 e. The number of aliphatic hydroxyl groups is 24. The van der Waals surface area contributed by atoms with Crippen LogP contribution in [-0.2, 0) is 99.7 Å². The molecule has 0 radical (unpaired) electrons. The van der Waals surface area contributed by atoms with E-state index in [1.54, 1.807) is 0 Å². The highest BCUT2D eigenvalue weighted by molar-refractivity contribution is 5.74. The monoisotopic (exact) mass is 1640 g/mol. The standard InChI is InChI=1S/C63H106N4O45/c1-15-29(64-16(2)76)38(85)49(24(10-72)97-15)106-56-30(65-17(3)77)39(86)52(27(13-75)102-56)109-61-48(95)53(110-63-55(45(92)36(83)23(9-71)101-63)112-58-32(67-19(5)79)41(88)51(26(12-74)104-58)108-60-47(94)43(90)34(81)21(7-69)99-60)37(84)28(105-61)14-96-62-54(44(91)35(82)22(8-70)100-62)111-57-31(66-18(4)78)40(87)50(25(11-73)103-57)107-59-46(93)42(89)33(80)20(6-68)98-59/h15,20-63,68-75,80-95H,6-14H2,1-5H3,(H,64,76)(H,65,77)(H,66,78)(H,67,79)/t15-,20?,21?,22?,23+,24?,25?,26?,27?,28?,29?,30?,31?,32?,33-,34-,35+,36+,37+,38+,39+,40?,41+,42-,43-,44-,45?,46?,47?,48?,49+,50+,51+,52+,53-,54?,55?,56-,57-,58-,59-,60-,61-,62-,63+/m0/s1. The molecular formula is C63H106N4O45. The van der Waals surface area contributed by atoms with Crippen molar-refractivity contribution in [2.75, 3.05) is 59.5 Å². The summed E-state index contributed by atoms with van der Waals surface area (Å²) >= 11 is 0. The summed E-state index contributed by atoms with van der Waals surface area (Å²) in [5.41, 5.74) is 0. The van der Waals surface area contributed by atoms with Crippen LogP contribution in [0.15, 0.2) is 0 Å². The average molecular weight is 1640 g/mol. The first-order valence-electron chi connectivity index (χ1n) is 36.0. The summed E-state index contributed by atoms with van der Waals surface area (Å²) in [7, 11) is 0. The number of hydrogen-bond donors (Lipinski definition) is 28. The zero-order valence-electron chi connectivity index (χ0n) is 60.7. The lowest BCUT2D eigenvalue weighted by atomic mass is 9.92. The quantitative estimate of drug-likeness (QED) is 0.0331. The molecule has 9 rings (SSSR count). The van der Waals surface area contributed by atoms with Crippen molar-refractivity contribution in [1.82, 2.24) is 21.3 Å². The molecule has 9 heterocycles. The molecule has 9 aliphatic rings. The van der Waals surface area contributed by atoms with Crippen LogP contribution in [0.25, 0.3) is 0 Å². The molecule has 0 aromatic heterocycles. The summed E-state index contributed by atoms with van der Waals surface area (Å²) in [5.74, 6) is -3.40. The molecule has 4 amide bonds. The molecule has 0 bridgehead atoms. The Hall–Kier alpha value is -3.76. The third kappa shape index (κ3) is 20.2. The maximum atomic E-state index is 13.0. The number of carbonyl (C=O) groups is 4. The Kier molecular flexibility index (Phi) is 33.2. The van der Waals surface area contributed by atoms with Crippen LogP contribution in [0, 0.1) is 0 Å². The highest BCUT2D eigenvalue weighted by atomic mass is 16.8. The fourth-order valence-electron chi connectivity index (χ4n) is 14.7. The van der Waals surface area contributed by atoms with Crippen LogP contribution in [0.3, 0.4) is 0 Å². The molecule has 9 saturated heterocycles. The summed E-state index contributed by atoms with van der Waals surface area (Å²) in [5, 5.41) is 277. The van der Waals surface area contributed by atoms with Gasteiger partial charge in [0.15, 0.2) is 50.3 Å². The van der Waals surface area contributed by atoms with Gasteiger partial charge in [0.1, 0.15) is 213 Å². The van der Waals surface area contributed by atoms with Crippen molar-refractivity contribution in [3.05, 3.63) is 0 Å². The van der Waals surface area contributed by atoms with Gasteiger partial charge in [-0.2, -0.15) is 0 Å². The van der Waals surface area contributed by atoms with Crippen LogP contribution in [0.4, 0.5) is 0 Å². The van der Waals surface area contributed by atoms with Crippen molar-refractivity contribution in [2.24, 2.45) is 0 Å². The Balaban J connectivity index is 1.05. The van der Waals surface area contributed by atoms with E-state index in [0.717, 1.165) is 27.7 Å². The highest BCUT2D eigenvalue weighted by Gasteiger charge is 2.61. The molecule has 49 nitrogen and oxygen atoms in total. The van der Waals surface area contributed by atoms with E-state index in [1.165, 1.54) is 6.92 Å². The first-order chi connectivity index (χ1) is 53.0. The van der Waals surface area contributed by atoms with Crippen molar-refractivity contribution < 1.29 is 222 Å². The third-order valence-corrected chi connectivity index (χ3v) is 20.6. The molecule has 45 atom stereocenters. The summed E-state index contributed by atoms with van der Waals surface area (Å²) in [6.45, 7) is -4.12. The molecule has 0 aromatic rings. The SMILES string of the molecule is CC(=O)NC1C(O)[C@H](O[C@@H]2OC(CO)[C@H](O)[C@H](O)C2O)C(CO)O[C@H]1OC1[C@@H](OCC2O[C@@H](O[C@@H]3C(CO)O[C@@H](O[C@@H]4C(CO)O[C@@H](C)C(NC(C)=O)[C@H]4O)C(NC(C)=O)[C@H]3O)C(O)[C@@H](O[C@H]3O[C@H](CO)[C@@H](O)C(O)C3O[C@@H]3OC(CO)[C@@H](O[C@@H]4OC(CO)[C@H](O)[C@H](O)C4O)[C@H](O)C3NC(C)=O)[C@@H]2O)OC(CO)[C@@H](O)[C@@H]1O. The first-order valence-corrected chi connectivity index (χ1v) is 36.0. The molecule has 112 heavy (non-hydrogen) atoms. The Morgan fingerprint density at radius 1 is 0.241 bits per heavy atom. The summed E-state index contributed by atoms with van der Waals surface area (Å²) in [6, 6.07) is -6.90. The molecule has 0 aliphatic carbocycles. The lowest BCUT2D eigenvalue weighted by Gasteiger charge is -2.51. The summed E-state index contributed by atoms with van der Waals surface area (Å²) in [6.07, 6.45) is -82.9. The van der Waals surface area contributed by atoms with E-state index >= 15 is 0 Å². The summed E-state index contributed by atoms with van der Waals surface area (Å²) < 4.78 is 101. The van der Waals surface area contributed by atoms with E-state index in [0.29, 0.717) is 0 Å². The molecule has 28 N–H and O–H groups in total. The lowest BCUT2D eigenvalue weighted by Crippen LogP contribution is -2.71. The fourth-order valence-corrected chi connectivity index (χ4v) is 14.7. The predicted molar refractivity (Wildman–Crippen MR) is 347 cm³/mol. The minimum atomic E-state index is -2.55. The molecule has 9 aliphatic heterocycles. The molecule has 19 unspecified atom stereocenters. The largest absolute Gasteiger partial charge is 0.394 e. The van der Waals surface area contributed by atoms with Crippen LogP contribution < -0.4 is 21.3 Å². The molecule has 0 aromatic carbocycles. The Morgan fingerprint density at radius 3 is 0.839 bits per heavy atom. The highest BCUT2D eigenvalue weighted by Crippen LogP contribution is 2.40. The van der Waals surface area contributed by atoms with Crippen molar-refractivity contribution >= 4 is 23.6 Å². The van der Waals surface area contributed by atoms with E-state index in [2.05, 4.69) is 21.3 Å². The topological polar surface area (TPSA) is 759 Å². The van der Waals surface area contributed by atoms with Crippen LogP contribution in [0.5, 0.6) is 0 Å². The second-order valence-electron chi connectivity index (χ2n) is 28.5. The maximum Gasteiger partial charge on any atom is 0.217 e. The Labute approximate surface area is 635 Å². The number of ether oxygens (including phenoxy) is 17.